The highest BCUT2D eigenvalue weighted by Crippen LogP contribution is 2.13. The first kappa shape index (κ1) is 7.93. The lowest BCUT2D eigenvalue weighted by molar-refractivity contribution is 0.0931. The van der Waals surface area contributed by atoms with Gasteiger partial charge in [-0.15, -0.1) is 0 Å². The fraction of sp³-hybridized carbons (Fsp3) is 0.286. The normalized spacial score (nSPS) is 20.2. The predicted octanol–water partition coefficient (Wildman–Crippen LogP) is -0.817. The van der Waals surface area contributed by atoms with E-state index in [0.717, 1.165) is 0 Å². The molecular weight excluding hydrogens is 170 g/mol. The maximum Gasteiger partial charge on any atom is 0.276 e. The molecule has 2 heterocycles. The minimum Gasteiger partial charge on any atom is -0.336 e. The maximum absolute atomic E-state index is 11.3. The Morgan fingerprint density at radius 1 is 1.54 bits per heavy atom. The van der Waals surface area contributed by atoms with E-state index in [2.05, 4.69) is 20.6 Å². The van der Waals surface area contributed by atoms with E-state index in [9.17, 15) is 4.79 Å². The van der Waals surface area contributed by atoms with Crippen LogP contribution < -0.4 is 16.4 Å². The molecule has 1 unspecified atom stereocenters. The van der Waals surface area contributed by atoms with Crippen molar-refractivity contribution in [2.75, 3.05) is 5.32 Å². The number of carbonyl (C=O) groups is 1. The lowest BCUT2D eigenvalue weighted by Gasteiger charge is -2.22. The van der Waals surface area contributed by atoms with Gasteiger partial charge in [0.1, 0.15) is 0 Å². The molecule has 0 fully saturated rings. The van der Waals surface area contributed by atoms with E-state index < -0.39 is 6.29 Å². The van der Waals surface area contributed by atoms with Crippen LogP contribution in [0.15, 0.2) is 6.20 Å². The number of amides is 1. The van der Waals surface area contributed by atoms with Gasteiger partial charge in [0, 0.05) is 0 Å². The Labute approximate surface area is 74.6 Å². The zero-order chi connectivity index (χ0) is 9.42. The van der Waals surface area contributed by atoms with E-state index in [1.165, 1.54) is 0 Å². The van der Waals surface area contributed by atoms with Crippen molar-refractivity contribution in [2.24, 2.45) is 5.73 Å². The summed E-state index contributed by atoms with van der Waals surface area (Å²) in [4.78, 5) is 19.4. The topological polar surface area (TPSA) is 92.9 Å². The summed E-state index contributed by atoms with van der Waals surface area (Å²) in [5.41, 5.74) is 6.46. The highest BCUT2D eigenvalue weighted by molar-refractivity contribution is 5.98. The molecule has 68 valence electrons. The van der Waals surface area contributed by atoms with Crippen LogP contribution in [0.5, 0.6) is 0 Å². The van der Waals surface area contributed by atoms with Gasteiger partial charge in [0.25, 0.3) is 5.91 Å². The second-order valence-electron chi connectivity index (χ2n) is 2.80. The lowest BCUT2D eigenvalue weighted by atomic mass is 10.3. The molecule has 1 aliphatic rings. The number of nitrogens with one attached hydrogen (secondary N) is 2. The highest BCUT2D eigenvalue weighted by atomic mass is 16.2. The first-order chi connectivity index (χ1) is 6.16. The number of nitrogens with zero attached hydrogens (tertiary/aromatic N) is 2. The van der Waals surface area contributed by atoms with Crippen LogP contribution in [0.4, 0.5) is 5.82 Å². The van der Waals surface area contributed by atoms with Crippen molar-refractivity contribution in [1.29, 1.82) is 0 Å². The second-order valence-corrected chi connectivity index (χ2v) is 2.80. The van der Waals surface area contributed by atoms with Crippen LogP contribution >= 0.6 is 0 Å². The Morgan fingerprint density at radius 2 is 2.31 bits per heavy atom. The van der Waals surface area contributed by atoms with Crippen LogP contribution in [0.1, 0.15) is 16.2 Å². The van der Waals surface area contributed by atoms with Gasteiger partial charge in [-0.25, -0.2) is 9.97 Å². The summed E-state index contributed by atoms with van der Waals surface area (Å²) >= 11 is 0. The van der Waals surface area contributed by atoms with Crippen molar-refractivity contribution in [3.05, 3.63) is 17.6 Å². The standard InChI is InChI=1S/C7H9N5O/c1-3-2-9-5-4(10-3)6(13)12-7(8)11-5/h2,7H,8H2,1H3,(H,9,11)(H,12,13). The monoisotopic (exact) mass is 179 g/mol. The number of nitrogens with two attached hydrogens (primary N) is 1. The molecule has 1 amide bonds. The molecule has 6 heteroatoms. The van der Waals surface area contributed by atoms with Crippen molar-refractivity contribution in [3.8, 4) is 0 Å². The number of rotatable bonds is 0. The summed E-state index contributed by atoms with van der Waals surface area (Å²) < 4.78 is 0. The molecule has 2 rings (SSSR count). The average Bonchev–Trinajstić information content (AvgIpc) is 2.06. The van der Waals surface area contributed by atoms with Crippen LogP contribution in [-0.2, 0) is 0 Å². The smallest absolute Gasteiger partial charge is 0.276 e. The van der Waals surface area contributed by atoms with Gasteiger partial charge in [-0.1, -0.05) is 0 Å². The van der Waals surface area contributed by atoms with Gasteiger partial charge in [-0.05, 0) is 6.92 Å². The van der Waals surface area contributed by atoms with E-state index in [0.29, 0.717) is 17.2 Å². The van der Waals surface area contributed by atoms with Gasteiger partial charge in [-0.3, -0.25) is 10.5 Å². The molecule has 1 aliphatic heterocycles. The van der Waals surface area contributed by atoms with Gasteiger partial charge in [0.15, 0.2) is 17.8 Å². The minimum atomic E-state index is -0.586. The largest absolute Gasteiger partial charge is 0.336 e. The van der Waals surface area contributed by atoms with Crippen molar-refractivity contribution < 1.29 is 4.79 Å². The number of hydrogen-bond donors (Lipinski definition) is 3. The van der Waals surface area contributed by atoms with Crippen LogP contribution in [0.3, 0.4) is 0 Å². The van der Waals surface area contributed by atoms with E-state index in [4.69, 9.17) is 5.73 Å². The maximum atomic E-state index is 11.3. The van der Waals surface area contributed by atoms with Crippen LogP contribution in [-0.4, -0.2) is 22.2 Å². The Morgan fingerprint density at radius 3 is 3.08 bits per heavy atom. The Hall–Kier alpha value is -1.69. The molecule has 0 aliphatic carbocycles. The molecule has 13 heavy (non-hydrogen) atoms. The quantitative estimate of drug-likeness (QED) is 0.484. The number of aryl methyl sites for hydroxylation is 1. The van der Waals surface area contributed by atoms with Gasteiger partial charge >= 0.3 is 0 Å². The van der Waals surface area contributed by atoms with Gasteiger partial charge in [0.2, 0.25) is 0 Å². The van der Waals surface area contributed by atoms with Crippen molar-refractivity contribution >= 4 is 11.7 Å². The predicted molar refractivity (Wildman–Crippen MR) is 45.8 cm³/mol. The molecule has 1 aromatic heterocycles. The fourth-order valence-corrected chi connectivity index (χ4v) is 1.13. The number of aromatic nitrogens is 2. The Balaban J connectivity index is 2.49. The molecule has 4 N–H and O–H groups in total. The summed E-state index contributed by atoms with van der Waals surface area (Å²) in [6.07, 6.45) is 0.994. The summed E-state index contributed by atoms with van der Waals surface area (Å²) in [5.74, 6) is 0.138. The first-order valence-electron chi connectivity index (χ1n) is 3.83. The van der Waals surface area contributed by atoms with Gasteiger partial charge in [-0.2, -0.15) is 0 Å². The zero-order valence-electron chi connectivity index (χ0n) is 7.03. The molecule has 0 saturated heterocycles. The summed E-state index contributed by atoms with van der Waals surface area (Å²) in [7, 11) is 0. The molecule has 0 saturated carbocycles. The van der Waals surface area contributed by atoms with Crippen LogP contribution in [0, 0.1) is 6.92 Å². The third-order valence-electron chi connectivity index (χ3n) is 1.69. The zero-order valence-corrected chi connectivity index (χ0v) is 7.03. The van der Waals surface area contributed by atoms with Crippen molar-refractivity contribution in [1.82, 2.24) is 15.3 Å². The second kappa shape index (κ2) is 2.67. The molecule has 0 radical (unpaired) electrons. The molecule has 0 spiro atoms. The molecule has 1 atom stereocenters. The van der Waals surface area contributed by atoms with E-state index >= 15 is 0 Å². The number of carbonyl (C=O) groups excluding carboxylic acids is 1. The van der Waals surface area contributed by atoms with E-state index in [-0.39, 0.29) is 5.91 Å². The third-order valence-corrected chi connectivity index (χ3v) is 1.69. The molecule has 0 aromatic carbocycles. The SMILES string of the molecule is Cc1cnc2c(n1)C(=O)NC(N)N2. The summed E-state index contributed by atoms with van der Waals surface area (Å²) in [6.45, 7) is 1.77. The Bertz CT molecular complexity index is 364. The molecular formula is C7H9N5O. The van der Waals surface area contributed by atoms with Crippen LogP contribution in [0.25, 0.3) is 0 Å². The van der Waals surface area contributed by atoms with Crippen molar-refractivity contribution in [2.45, 2.75) is 13.2 Å². The van der Waals surface area contributed by atoms with E-state index in [1.807, 2.05) is 0 Å². The average molecular weight is 179 g/mol. The van der Waals surface area contributed by atoms with Crippen LogP contribution in [0.2, 0.25) is 0 Å². The first-order valence-corrected chi connectivity index (χ1v) is 3.83. The Kier molecular flexibility index (Phi) is 1.63. The van der Waals surface area contributed by atoms with E-state index in [1.54, 1.807) is 13.1 Å². The lowest BCUT2D eigenvalue weighted by Crippen LogP contribution is -2.51. The third kappa shape index (κ3) is 1.31. The van der Waals surface area contributed by atoms with Crippen molar-refractivity contribution in [3.63, 3.8) is 0 Å². The summed E-state index contributed by atoms with van der Waals surface area (Å²) in [6, 6.07) is 0. The number of fused-ring (bicyclic) bond motifs is 1. The highest BCUT2D eigenvalue weighted by Gasteiger charge is 2.23. The number of anilines is 1. The number of hydrogen-bond acceptors (Lipinski definition) is 5. The molecule has 6 nitrogen and oxygen atoms in total. The molecule has 1 aromatic rings. The summed E-state index contributed by atoms with van der Waals surface area (Å²) in [5, 5.41) is 5.28. The molecule has 0 bridgehead atoms. The van der Waals surface area contributed by atoms with Gasteiger partial charge in [0.05, 0.1) is 11.9 Å². The fourth-order valence-electron chi connectivity index (χ4n) is 1.13. The minimum absolute atomic E-state index is 0.293. The van der Waals surface area contributed by atoms with Gasteiger partial charge < -0.3 is 10.6 Å².